The van der Waals surface area contributed by atoms with Crippen LogP contribution in [0.25, 0.3) is 0 Å². The Morgan fingerprint density at radius 1 is 1.56 bits per heavy atom. The number of benzene rings is 1. The molecule has 0 spiro atoms. The molecule has 0 bridgehead atoms. The molecule has 1 unspecified atom stereocenters. The van der Waals surface area contributed by atoms with E-state index in [0.717, 1.165) is 30.8 Å². The average Bonchev–Trinajstić information content (AvgIpc) is 2.82. The van der Waals surface area contributed by atoms with Crippen LogP contribution in [0.1, 0.15) is 18.4 Å². The van der Waals surface area contributed by atoms with Crippen molar-refractivity contribution in [2.45, 2.75) is 25.8 Å². The van der Waals surface area contributed by atoms with Crippen molar-refractivity contribution < 1.29 is 9.53 Å². The second-order valence-electron chi connectivity index (χ2n) is 4.67. The Morgan fingerprint density at radius 2 is 2.44 bits per heavy atom. The quantitative estimate of drug-likeness (QED) is 0.824. The van der Waals surface area contributed by atoms with Crippen LogP contribution >= 0.6 is 0 Å². The number of rotatable bonds is 5. The van der Waals surface area contributed by atoms with Gasteiger partial charge in [-0.15, -0.1) is 0 Å². The normalized spacial score (nSPS) is 18.6. The first-order chi connectivity index (χ1) is 8.74. The van der Waals surface area contributed by atoms with E-state index >= 15 is 0 Å². The summed E-state index contributed by atoms with van der Waals surface area (Å²) in [4.78, 5) is 11.6. The fraction of sp³-hybridized carbons (Fsp3) is 0.500. The van der Waals surface area contributed by atoms with Crippen LogP contribution in [0, 0.1) is 6.92 Å². The number of nitrogens with one attached hydrogen (secondary N) is 2. The molecule has 0 aromatic heterocycles. The van der Waals surface area contributed by atoms with Crippen LogP contribution in [-0.4, -0.2) is 31.6 Å². The number of carbonyl (C=O) groups is 1. The maximum Gasteiger partial charge on any atom is 0.223 e. The Balaban J connectivity index is 1.66. The largest absolute Gasteiger partial charge is 0.493 e. The van der Waals surface area contributed by atoms with Crippen molar-refractivity contribution in [2.75, 3.05) is 19.7 Å². The van der Waals surface area contributed by atoms with Crippen molar-refractivity contribution in [3.8, 4) is 5.75 Å². The van der Waals surface area contributed by atoms with Crippen LogP contribution in [0.4, 0.5) is 0 Å². The van der Waals surface area contributed by atoms with Crippen LogP contribution in [0.5, 0.6) is 5.75 Å². The minimum absolute atomic E-state index is 0.0661. The van der Waals surface area contributed by atoms with Crippen molar-refractivity contribution >= 4 is 5.91 Å². The second kappa shape index (κ2) is 6.40. The molecule has 1 saturated heterocycles. The maximum absolute atomic E-state index is 11.6. The van der Waals surface area contributed by atoms with Gasteiger partial charge in [0.15, 0.2) is 0 Å². The molecule has 1 aromatic carbocycles. The molecule has 0 saturated carbocycles. The Morgan fingerprint density at radius 3 is 3.17 bits per heavy atom. The molecule has 0 radical (unpaired) electrons. The van der Waals surface area contributed by atoms with Gasteiger partial charge < -0.3 is 15.4 Å². The highest BCUT2D eigenvalue weighted by Gasteiger charge is 2.16. The number of hydrogen-bond acceptors (Lipinski definition) is 3. The van der Waals surface area contributed by atoms with Crippen LogP contribution in [0.2, 0.25) is 0 Å². The van der Waals surface area contributed by atoms with Gasteiger partial charge >= 0.3 is 0 Å². The Labute approximate surface area is 108 Å². The lowest BCUT2D eigenvalue weighted by Gasteiger charge is -2.11. The zero-order valence-electron chi connectivity index (χ0n) is 10.7. The van der Waals surface area contributed by atoms with Crippen molar-refractivity contribution in [3.63, 3.8) is 0 Å². The third-order valence-corrected chi connectivity index (χ3v) is 3.01. The Hall–Kier alpha value is -1.55. The molecule has 1 amide bonds. The molecule has 2 N–H and O–H groups in total. The smallest absolute Gasteiger partial charge is 0.223 e. The molecular formula is C14H20N2O2. The fourth-order valence-corrected chi connectivity index (χ4v) is 2.04. The molecule has 0 aliphatic carbocycles. The Kier molecular flexibility index (Phi) is 4.59. The molecule has 1 fully saturated rings. The summed E-state index contributed by atoms with van der Waals surface area (Å²) in [5.41, 5.74) is 1.16. The molecule has 1 aliphatic heterocycles. The van der Waals surface area contributed by atoms with Crippen LogP contribution in [0.15, 0.2) is 24.3 Å². The number of amides is 1. The first-order valence-electron chi connectivity index (χ1n) is 6.43. The topological polar surface area (TPSA) is 50.4 Å². The minimum Gasteiger partial charge on any atom is -0.493 e. The van der Waals surface area contributed by atoms with Gasteiger partial charge in [0.05, 0.1) is 13.0 Å². The number of carbonyl (C=O) groups excluding carboxylic acids is 1. The van der Waals surface area contributed by atoms with Gasteiger partial charge in [0, 0.05) is 12.6 Å². The number of hydrogen-bond donors (Lipinski definition) is 2. The molecule has 2 rings (SSSR count). The lowest BCUT2D eigenvalue weighted by atomic mass is 10.2. The number of aryl methyl sites for hydroxylation is 1. The predicted octanol–water partition coefficient (Wildman–Crippen LogP) is 1.24. The van der Waals surface area contributed by atoms with Gasteiger partial charge in [-0.25, -0.2) is 0 Å². The minimum atomic E-state index is 0.0661. The average molecular weight is 248 g/mol. The molecule has 1 aliphatic rings. The summed E-state index contributed by atoms with van der Waals surface area (Å²) in [5.74, 6) is 0.890. The van der Waals surface area contributed by atoms with E-state index in [1.807, 2.05) is 31.2 Å². The molecule has 1 aromatic rings. The second-order valence-corrected chi connectivity index (χ2v) is 4.67. The van der Waals surface area contributed by atoms with E-state index < -0.39 is 0 Å². The van der Waals surface area contributed by atoms with Gasteiger partial charge in [-0.2, -0.15) is 0 Å². The summed E-state index contributed by atoms with van der Waals surface area (Å²) in [5, 5.41) is 6.21. The first kappa shape index (κ1) is 12.9. The summed E-state index contributed by atoms with van der Waals surface area (Å²) in [7, 11) is 0. The van der Waals surface area contributed by atoms with Gasteiger partial charge in [0.1, 0.15) is 5.75 Å². The summed E-state index contributed by atoms with van der Waals surface area (Å²) in [6.07, 6.45) is 1.43. The van der Waals surface area contributed by atoms with Crippen molar-refractivity contribution in [3.05, 3.63) is 29.8 Å². The van der Waals surface area contributed by atoms with E-state index in [4.69, 9.17) is 4.74 Å². The highest BCUT2D eigenvalue weighted by Crippen LogP contribution is 2.12. The third kappa shape index (κ3) is 4.04. The zero-order chi connectivity index (χ0) is 12.8. The molecule has 1 atom stereocenters. The van der Waals surface area contributed by atoms with Crippen LogP contribution in [-0.2, 0) is 4.79 Å². The Bertz CT molecular complexity index is 401. The summed E-state index contributed by atoms with van der Waals surface area (Å²) in [6.45, 7) is 4.32. The lowest BCUT2D eigenvalue weighted by molar-refractivity contribution is -0.122. The molecule has 18 heavy (non-hydrogen) atoms. The van der Waals surface area contributed by atoms with E-state index in [0.29, 0.717) is 13.0 Å². The number of ether oxygens (including phenoxy) is 1. The summed E-state index contributed by atoms with van der Waals surface area (Å²) >= 11 is 0. The highest BCUT2D eigenvalue weighted by molar-refractivity contribution is 5.76. The summed E-state index contributed by atoms with van der Waals surface area (Å²) < 4.78 is 5.55. The van der Waals surface area contributed by atoms with Gasteiger partial charge in [-0.05, 0) is 37.6 Å². The molecule has 98 valence electrons. The molecule has 4 heteroatoms. The van der Waals surface area contributed by atoms with Crippen LogP contribution < -0.4 is 15.4 Å². The van der Waals surface area contributed by atoms with E-state index in [9.17, 15) is 4.79 Å². The van der Waals surface area contributed by atoms with E-state index in [2.05, 4.69) is 10.6 Å². The van der Waals surface area contributed by atoms with E-state index in [1.165, 1.54) is 0 Å². The molecule has 1 heterocycles. The van der Waals surface area contributed by atoms with Gasteiger partial charge in [0.2, 0.25) is 5.91 Å². The standard InChI is InChI=1S/C14H20N2O2/c1-11-3-2-4-13(9-11)18-8-6-14(17)16-12-5-7-15-10-12/h2-4,9,12,15H,5-8,10H2,1H3,(H,16,17). The monoisotopic (exact) mass is 248 g/mol. The molecule has 4 nitrogen and oxygen atoms in total. The zero-order valence-corrected chi connectivity index (χ0v) is 10.7. The van der Waals surface area contributed by atoms with Crippen molar-refractivity contribution in [2.24, 2.45) is 0 Å². The highest BCUT2D eigenvalue weighted by atomic mass is 16.5. The van der Waals surface area contributed by atoms with Crippen molar-refractivity contribution in [1.29, 1.82) is 0 Å². The van der Waals surface area contributed by atoms with Gasteiger partial charge in [-0.1, -0.05) is 12.1 Å². The first-order valence-corrected chi connectivity index (χ1v) is 6.43. The van der Waals surface area contributed by atoms with Gasteiger partial charge in [0.25, 0.3) is 0 Å². The van der Waals surface area contributed by atoms with Gasteiger partial charge in [-0.3, -0.25) is 4.79 Å². The van der Waals surface area contributed by atoms with Crippen molar-refractivity contribution in [1.82, 2.24) is 10.6 Å². The fourth-order valence-electron chi connectivity index (χ4n) is 2.04. The molecular weight excluding hydrogens is 228 g/mol. The predicted molar refractivity (Wildman–Crippen MR) is 70.7 cm³/mol. The van der Waals surface area contributed by atoms with E-state index in [1.54, 1.807) is 0 Å². The maximum atomic E-state index is 11.6. The van der Waals surface area contributed by atoms with E-state index in [-0.39, 0.29) is 11.9 Å². The third-order valence-electron chi connectivity index (χ3n) is 3.01. The SMILES string of the molecule is Cc1cccc(OCCC(=O)NC2CCNC2)c1. The lowest BCUT2D eigenvalue weighted by Crippen LogP contribution is -2.36. The summed E-state index contributed by atoms with van der Waals surface area (Å²) in [6, 6.07) is 8.14. The van der Waals surface area contributed by atoms with Crippen LogP contribution in [0.3, 0.4) is 0 Å².